The average molecular weight is 453 g/mol. The number of nitrogens with one attached hydrogen (secondary N) is 1. The zero-order valence-corrected chi connectivity index (χ0v) is 16.5. The van der Waals surface area contributed by atoms with E-state index in [1.165, 1.54) is 18.2 Å². The summed E-state index contributed by atoms with van der Waals surface area (Å²) in [7, 11) is 0. The van der Waals surface area contributed by atoms with Gasteiger partial charge in [-0.25, -0.2) is 4.79 Å². The molecule has 140 valence electrons. The Balaban J connectivity index is 1.86. The van der Waals surface area contributed by atoms with Crippen LogP contribution >= 0.6 is 27.5 Å². The molecule has 1 aliphatic rings. The maximum absolute atomic E-state index is 13.0. The van der Waals surface area contributed by atoms with Gasteiger partial charge >= 0.3 is 11.9 Å². The van der Waals surface area contributed by atoms with Gasteiger partial charge in [0.1, 0.15) is 11.8 Å². The molecule has 1 fully saturated rings. The summed E-state index contributed by atoms with van der Waals surface area (Å²) in [5.74, 6) is -1.60. The maximum Gasteiger partial charge on any atom is 0.343 e. The van der Waals surface area contributed by atoms with Gasteiger partial charge in [0.05, 0.1) is 17.7 Å². The largest absolute Gasteiger partial charge is 0.465 e. The van der Waals surface area contributed by atoms with Gasteiger partial charge in [-0.3, -0.25) is 14.9 Å². The van der Waals surface area contributed by atoms with Gasteiger partial charge in [-0.2, -0.15) is 0 Å². The Morgan fingerprint density at radius 1 is 1.19 bits per heavy atom. The molecule has 1 N–H and O–H groups in total. The Bertz CT molecular complexity index is 904. The average Bonchev–Trinajstić information content (AvgIpc) is 3.36. The van der Waals surface area contributed by atoms with Crippen LogP contribution < -0.4 is 10.1 Å². The lowest BCUT2D eigenvalue weighted by molar-refractivity contribution is -0.142. The number of ether oxygens (including phenoxy) is 2. The third kappa shape index (κ3) is 4.05. The molecule has 1 aliphatic heterocycles. The van der Waals surface area contributed by atoms with E-state index in [1.54, 1.807) is 37.3 Å². The Hall–Kier alpha value is -2.22. The normalized spacial score (nSPS) is 20.6. The first-order valence-corrected chi connectivity index (χ1v) is 9.28. The van der Waals surface area contributed by atoms with E-state index in [-0.39, 0.29) is 17.9 Å². The minimum Gasteiger partial charge on any atom is -0.465 e. The van der Waals surface area contributed by atoms with Crippen LogP contribution in [0.15, 0.2) is 48.5 Å². The Labute approximate surface area is 168 Å². The highest BCUT2D eigenvalue weighted by Crippen LogP contribution is 2.40. The van der Waals surface area contributed by atoms with Gasteiger partial charge in [0.25, 0.3) is 0 Å². The van der Waals surface area contributed by atoms with E-state index in [0.717, 1.165) is 0 Å². The molecule has 2 unspecified atom stereocenters. The van der Waals surface area contributed by atoms with Crippen LogP contribution in [0.4, 0.5) is 0 Å². The lowest BCUT2D eigenvalue weighted by atomic mass is 10.0. The number of hydrogen-bond acceptors (Lipinski definition) is 6. The second kappa shape index (κ2) is 7.80. The van der Waals surface area contributed by atoms with Crippen LogP contribution in [-0.2, 0) is 9.53 Å². The topological polar surface area (TPSA) is 91.6 Å². The fourth-order valence-electron chi connectivity index (χ4n) is 2.51. The predicted octanol–water partition coefficient (Wildman–Crippen LogP) is 3.37. The van der Waals surface area contributed by atoms with E-state index in [9.17, 15) is 14.4 Å². The van der Waals surface area contributed by atoms with Gasteiger partial charge in [-0.05, 0) is 37.3 Å². The number of benzene rings is 2. The molecule has 0 spiro atoms. The molecule has 0 aromatic heterocycles. The number of carbonyl (C=O) groups excluding carboxylic acids is 3. The first-order valence-electron chi connectivity index (χ1n) is 8.11. The third-order valence-corrected chi connectivity index (χ3v) is 5.20. The fourth-order valence-corrected chi connectivity index (χ4v) is 3.31. The summed E-state index contributed by atoms with van der Waals surface area (Å²) in [6.07, 6.45) is 0. The molecule has 2 aromatic carbocycles. The van der Waals surface area contributed by atoms with Crippen molar-refractivity contribution in [1.82, 2.24) is 5.32 Å². The molecule has 0 bridgehead atoms. The van der Waals surface area contributed by atoms with Crippen LogP contribution in [0.1, 0.15) is 27.6 Å². The Morgan fingerprint density at radius 2 is 1.89 bits per heavy atom. The van der Waals surface area contributed by atoms with Crippen LogP contribution in [0.2, 0.25) is 5.02 Å². The Morgan fingerprint density at radius 3 is 2.56 bits per heavy atom. The summed E-state index contributed by atoms with van der Waals surface area (Å²) >= 11 is 9.27. The van der Waals surface area contributed by atoms with Crippen LogP contribution in [0.3, 0.4) is 0 Å². The van der Waals surface area contributed by atoms with Crippen molar-refractivity contribution >= 4 is 45.3 Å². The van der Waals surface area contributed by atoms with Crippen LogP contribution in [0, 0.1) is 0 Å². The summed E-state index contributed by atoms with van der Waals surface area (Å²) in [6.45, 7) is 1.88. The summed E-state index contributed by atoms with van der Waals surface area (Å²) in [6, 6.07) is 11.9. The quantitative estimate of drug-likeness (QED) is 0.180. The van der Waals surface area contributed by atoms with E-state index >= 15 is 0 Å². The van der Waals surface area contributed by atoms with Crippen molar-refractivity contribution in [2.24, 2.45) is 0 Å². The standard InChI is InChI=1S/C19H15BrClNO5/c1-2-26-18(25)15-19(20,22-15)16(23)13-10-12(21)8-9-14(13)27-17(24)11-6-4-3-5-7-11/h3-10,15,22H,2H2,1H3. The molecule has 1 heterocycles. The van der Waals surface area contributed by atoms with E-state index in [2.05, 4.69) is 21.2 Å². The van der Waals surface area contributed by atoms with Gasteiger partial charge in [-0.1, -0.05) is 45.7 Å². The lowest BCUT2D eigenvalue weighted by Crippen LogP contribution is -2.27. The monoisotopic (exact) mass is 451 g/mol. The van der Waals surface area contributed by atoms with Crippen molar-refractivity contribution in [2.45, 2.75) is 17.4 Å². The number of halogens is 2. The van der Waals surface area contributed by atoms with E-state index < -0.39 is 28.2 Å². The molecule has 2 aromatic rings. The van der Waals surface area contributed by atoms with E-state index in [1.807, 2.05) is 0 Å². The second-order valence-electron chi connectivity index (χ2n) is 5.77. The maximum atomic E-state index is 13.0. The highest BCUT2D eigenvalue weighted by Gasteiger charge is 2.63. The zero-order valence-electron chi connectivity index (χ0n) is 14.2. The summed E-state index contributed by atoms with van der Waals surface area (Å²) < 4.78 is 9.00. The van der Waals surface area contributed by atoms with Crippen LogP contribution in [0.25, 0.3) is 0 Å². The number of ketones is 1. The zero-order chi connectivity index (χ0) is 19.6. The first-order chi connectivity index (χ1) is 12.9. The molecule has 6 nitrogen and oxygen atoms in total. The predicted molar refractivity (Wildman–Crippen MR) is 102 cm³/mol. The van der Waals surface area contributed by atoms with Gasteiger partial charge in [-0.15, -0.1) is 0 Å². The molecule has 0 radical (unpaired) electrons. The smallest absolute Gasteiger partial charge is 0.343 e. The second-order valence-corrected chi connectivity index (χ2v) is 7.45. The minimum absolute atomic E-state index is 0.0494. The number of rotatable bonds is 6. The van der Waals surface area contributed by atoms with Crippen molar-refractivity contribution in [3.8, 4) is 5.75 Å². The molecular formula is C19H15BrClNO5. The molecule has 2 atom stereocenters. The van der Waals surface area contributed by atoms with Crippen molar-refractivity contribution in [3.63, 3.8) is 0 Å². The molecule has 3 rings (SSSR count). The summed E-state index contributed by atoms with van der Waals surface area (Å²) in [5, 5.41) is 3.06. The third-order valence-electron chi connectivity index (χ3n) is 3.92. The van der Waals surface area contributed by atoms with Gasteiger partial charge in [0.2, 0.25) is 0 Å². The van der Waals surface area contributed by atoms with Crippen molar-refractivity contribution < 1.29 is 23.9 Å². The highest BCUT2D eigenvalue weighted by atomic mass is 79.9. The fraction of sp³-hybridized carbons (Fsp3) is 0.211. The molecule has 27 heavy (non-hydrogen) atoms. The van der Waals surface area contributed by atoms with E-state index in [0.29, 0.717) is 10.6 Å². The Kier molecular flexibility index (Phi) is 5.64. The number of alkyl halides is 1. The van der Waals surface area contributed by atoms with E-state index in [4.69, 9.17) is 21.1 Å². The lowest BCUT2D eigenvalue weighted by Gasteiger charge is -2.12. The summed E-state index contributed by atoms with van der Waals surface area (Å²) in [5.41, 5.74) is 0.413. The number of Topliss-reactive ketones (excluding diaryl/α,β-unsaturated/α-hetero) is 1. The van der Waals surface area contributed by atoms with Crippen molar-refractivity contribution in [3.05, 3.63) is 64.7 Å². The highest BCUT2D eigenvalue weighted by molar-refractivity contribution is 9.10. The van der Waals surface area contributed by atoms with Gasteiger partial charge < -0.3 is 9.47 Å². The number of hydrogen-bond donors (Lipinski definition) is 1. The van der Waals surface area contributed by atoms with Gasteiger partial charge in [0, 0.05) is 5.02 Å². The van der Waals surface area contributed by atoms with Crippen LogP contribution in [0.5, 0.6) is 5.75 Å². The summed E-state index contributed by atoms with van der Waals surface area (Å²) in [4.78, 5) is 37.2. The van der Waals surface area contributed by atoms with Crippen LogP contribution in [-0.4, -0.2) is 34.8 Å². The SMILES string of the molecule is CCOC(=O)C1NC1(Br)C(=O)c1cc(Cl)ccc1OC(=O)c1ccccc1. The number of esters is 2. The molecule has 0 aliphatic carbocycles. The molecule has 0 amide bonds. The molecule has 8 heteroatoms. The molecular weight excluding hydrogens is 438 g/mol. The minimum atomic E-state index is -1.32. The molecule has 1 saturated heterocycles. The van der Waals surface area contributed by atoms with Gasteiger partial charge in [0.15, 0.2) is 10.2 Å². The van der Waals surface area contributed by atoms with Crippen molar-refractivity contribution in [1.29, 1.82) is 0 Å². The van der Waals surface area contributed by atoms with Crippen molar-refractivity contribution in [2.75, 3.05) is 6.61 Å². The first kappa shape index (κ1) is 19.5. The molecule has 0 saturated carbocycles. The number of carbonyl (C=O) groups is 3.